The third kappa shape index (κ3) is 4.32. The summed E-state index contributed by atoms with van der Waals surface area (Å²) in [6, 6.07) is 13.7. The van der Waals surface area contributed by atoms with Gasteiger partial charge in [-0.15, -0.1) is 0 Å². The fourth-order valence-corrected chi connectivity index (χ4v) is 4.34. The molecular formula is C24H24N4O6. The molecule has 0 aromatic heterocycles. The van der Waals surface area contributed by atoms with Gasteiger partial charge in [0, 0.05) is 30.8 Å². The van der Waals surface area contributed by atoms with E-state index < -0.39 is 17.8 Å². The lowest BCUT2D eigenvalue weighted by Gasteiger charge is -2.33. The zero-order chi connectivity index (χ0) is 23.7. The van der Waals surface area contributed by atoms with Gasteiger partial charge in [0.25, 0.3) is 0 Å². The van der Waals surface area contributed by atoms with Crippen LogP contribution in [0, 0.1) is 5.92 Å². The first kappa shape index (κ1) is 21.9. The van der Waals surface area contributed by atoms with Crippen molar-refractivity contribution in [3.63, 3.8) is 0 Å². The van der Waals surface area contributed by atoms with E-state index in [4.69, 9.17) is 9.47 Å². The lowest BCUT2D eigenvalue weighted by atomic mass is 9.96. The zero-order valence-corrected chi connectivity index (χ0v) is 18.4. The summed E-state index contributed by atoms with van der Waals surface area (Å²) in [6.45, 7) is 1.32. The topological polar surface area (TPSA) is 108 Å². The molecule has 2 aromatic carbocycles. The second-order valence-electron chi connectivity index (χ2n) is 8.48. The highest BCUT2D eigenvalue weighted by Crippen LogP contribution is 2.34. The molecule has 10 nitrogen and oxygen atoms in total. The summed E-state index contributed by atoms with van der Waals surface area (Å²) in [7, 11) is 0. The predicted octanol–water partition coefficient (Wildman–Crippen LogP) is 2.01. The molecule has 0 atom stereocenters. The van der Waals surface area contributed by atoms with Crippen LogP contribution in [-0.2, 0) is 20.9 Å². The highest BCUT2D eigenvalue weighted by atomic mass is 16.7. The molecule has 2 saturated heterocycles. The number of hydrogen-bond acceptors (Lipinski definition) is 7. The number of benzene rings is 2. The molecule has 3 aliphatic rings. The standard InChI is InChI=1S/C24H24N4O6/c29-21(25-18-6-7-19-20(12-18)34-15-33-19)17-8-10-26(11-9-17)14-28-23(31)22(30)27(24(28)32)13-16-4-2-1-3-5-16/h1-7,12,17H,8-11,13-15H2,(H,25,29). The lowest BCUT2D eigenvalue weighted by Crippen LogP contribution is -2.46. The first-order valence-electron chi connectivity index (χ1n) is 11.1. The van der Waals surface area contributed by atoms with Crippen LogP contribution in [0.3, 0.4) is 0 Å². The van der Waals surface area contributed by atoms with Crippen LogP contribution in [0.1, 0.15) is 18.4 Å². The number of anilines is 1. The van der Waals surface area contributed by atoms with Crippen LogP contribution in [0.4, 0.5) is 10.5 Å². The van der Waals surface area contributed by atoms with Crippen LogP contribution >= 0.6 is 0 Å². The van der Waals surface area contributed by atoms with Crippen LogP contribution in [0.15, 0.2) is 48.5 Å². The van der Waals surface area contributed by atoms with Crippen molar-refractivity contribution in [1.29, 1.82) is 0 Å². The molecule has 0 spiro atoms. The smallest absolute Gasteiger partial charge is 0.335 e. The first-order chi connectivity index (χ1) is 16.5. The molecular weight excluding hydrogens is 440 g/mol. The van der Waals surface area contributed by atoms with Crippen LogP contribution in [0.25, 0.3) is 0 Å². The minimum absolute atomic E-state index is 0.0329. The van der Waals surface area contributed by atoms with Gasteiger partial charge in [-0.05, 0) is 30.5 Å². The average molecular weight is 464 g/mol. The summed E-state index contributed by atoms with van der Waals surface area (Å²) in [5.74, 6) is -0.657. The number of amides is 5. The largest absolute Gasteiger partial charge is 0.454 e. The van der Waals surface area contributed by atoms with Crippen molar-refractivity contribution in [3.05, 3.63) is 54.1 Å². The summed E-state index contributed by atoms with van der Waals surface area (Å²) in [5, 5.41) is 2.92. The van der Waals surface area contributed by atoms with Crippen LogP contribution in [-0.4, -0.2) is 65.0 Å². The molecule has 10 heteroatoms. The molecule has 0 aliphatic carbocycles. The molecule has 1 N–H and O–H groups in total. The average Bonchev–Trinajstić information content (AvgIpc) is 3.40. The number of piperidine rings is 1. The Morgan fingerprint density at radius 2 is 1.62 bits per heavy atom. The van der Waals surface area contributed by atoms with Gasteiger partial charge < -0.3 is 14.8 Å². The summed E-state index contributed by atoms with van der Waals surface area (Å²) < 4.78 is 10.6. The molecule has 3 aliphatic heterocycles. The minimum atomic E-state index is -0.816. The fraction of sp³-hybridized carbons (Fsp3) is 0.333. The number of nitrogens with zero attached hydrogens (tertiary/aromatic N) is 3. The molecule has 2 aromatic rings. The Morgan fingerprint density at radius 1 is 0.912 bits per heavy atom. The Morgan fingerprint density at radius 3 is 2.38 bits per heavy atom. The van der Waals surface area contributed by atoms with Gasteiger partial charge in [0.1, 0.15) is 0 Å². The number of imide groups is 2. The highest BCUT2D eigenvalue weighted by molar-refractivity contribution is 6.44. The van der Waals surface area contributed by atoms with Crippen molar-refractivity contribution in [2.75, 3.05) is 31.9 Å². The number of nitrogens with one attached hydrogen (secondary N) is 1. The van der Waals surface area contributed by atoms with Crippen molar-refractivity contribution >= 4 is 29.4 Å². The van der Waals surface area contributed by atoms with E-state index >= 15 is 0 Å². The van der Waals surface area contributed by atoms with E-state index in [1.54, 1.807) is 30.3 Å². The third-order valence-corrected chi connectivity index (χ3v) is 6.26. The second kappa shape index (κ2) is 9.14. The molecule has 0 bridgehead atoms. The summed E-state index contributed by atoms with van der Waals surface area (Å²) in [5.41, 5.74) is 1.41. The number of carbonyl (C=O) groups excluding carboxylic acids is 4. The van der Waals surface area contributed by atoms with Gasteiger partial charge in [-0.1, -0.05) is 30.3 Å². The number of carbonyl (C=O) groups is 4. The molecule has 5 amide bonds. The van der Waals surface area contributed by atoms with Crippen molar-refractivity contribution in [2.45, 2.75) is 19.4 Å². The quantitative estimate of drug-likeness (QED) is 0.515. The van der Waals surface area contributed by atoms with Crippen molar-refractivity contribution in [2.24, 2.45) is 5.92 Å². The SMILES string of the molecule is O=C(Nc1ccc2c(c1)OCO2)C1CCN(CN2C(=O)C(=O)N(Cc3ccccc3)C2=O)CC1. The van der Waals surface area contributed by atoms with Gasteiger partial charge >= 0.3 is 17.8 Å². The molecule has 2 fully saturated rings. The van der Waals surface area contributed by atoms with Gasteiger partial charge in [-0.3, -0.25) is 24.2 Å². The summed E-state index contributed by atoms with van der Waals surface area (Å²) in [4.78, 5) is 54.2. The Hall–Kier alpha value is -3.92. The van der Waals surface area contributed by atoms with E-state index in [2.05, 4.69) is 5.32 Å². The maximum atomic E-state index is 12.8. The number of fused-ring (bicyclic) bond motifs is 1. The third-order valence-electron chi connectivity index (χ3n) is 6.26. The molecule has 0 saturated carbocycles. The van der Waals surface area contributed by atoms with Crippen LogP contribution in [0.5, 0.6) is 11.5 Å². The minimum Gasteiger partial charge on any atom is -0.454 e. The molecule has 34 heavy (non-hydrogen) atoms. The van der Waals surface area contributed by atoms with Crippen molar-refractivity contribution < 1.29 is 28.7 Å². The number of hydrogen-bond donors (Lipinski definition) is 1. The molecule has 176 valence electrons. The maximum Gasteiger partial charge on any atom is 0.335 e. The monoisotopic (exact) mass is 464 g/mol. The Balaban J connectivity index is 1.14. The second-order valence-corrected chi connectivity index (χ2v) is 8.48. The summed E-state index contributed by atoms with van der Waals surface area (Å²) >= 11 is 0. The Bertz CT molecular complexity index is 1130. The van der Waals surface area contributed by atoms with E-state index in [1.165, 1.54) is 0 Å². The van der Waals surface area contributed by atoms with Crippen molar-refractivity contribution in [1.82, 2.24) is 14.7 Å². The fourth-order valence-electron chi connectivity index (χ4n) is 4.34. The van der Waals surface area contributed by atoms with Crippen LogP contribution in [0.2, 0.25) is 0 Å². The maximum absolute atomic E-state index is 12.8. The molecule has 0 radical (unpaired) electrons. The molecule has 0 unspecified atom stereocenters. The molecule has 5 rings (SSSR count). The van der Waals surface area contributed by atoms with Crippen molar-refractivity contribution in [3.8, 4) is 11.5 Å². The number of urea groups is 1. The Labute approximate surface area is 196 Å². The normalized spacial score (nSPS) is 18.6. The first-order valence-corrected chi connectivity index (χ1v) is 11.1. The number of likely N-dealkylation sites (tertiary alicyclic amines) is 1. The van der Waals surface area contributed by atoms with Gasteiger partial charge in [0.2, 0.25) is 12.7 Å². The predicted molar refractivity (Wildman–Crippen MR) is 120 cm³/mol. The van der Waals surface area contributed by atoms with E-state index in [9.17, 15) is 19.2 Å². The number of rotatable bonds is 6. The van der Waals surface area contributed by atoms with E-state index in [0.717, 1.165) is 15.4 Å². The van der Waals surface area contributed by atoms with Gasteiger partial charge in [-0.2, -0.15) is 0 Å². The molecule has 3 heterocycles. The zero-order valence-electron chi connectivity index (χ0n) is 18.4. The van der Waals surface area contributed by atoms with Gasteiger partial charge in [0.15, 0.2) is 11.5 Å². The van der Waals surface area contributed by atoms with Crippen LogP contribution < -0.4 is 14.8 Å². The van der Waals surface area contributed by atoms with Gasteiger partial charge in [-0.25, -0.2) is 9.69 Å². The Kier molecular flexibility index (Phi) is 5.89. The van der Waals surface area contributed by atoms with E-state index in [1.807, 2.05) is 23.1 Å². The van der Waals surface area contributed by atoms with Gasteiger partial charge in [0.05, 0.1) is 13.2 Å². The number of ether oxygens (including phenoxy) is 2. The summed E-state index contributed by atoms with van der Waals surface area (Å²) in [6.07, 6.45) is 1.16. The lowest BCUT2D eigenvalue weighted by molar-refractivity contribution is -0.144. The van der Waals surface area contributed by atoms with E-state index in [0.29, 0.717) is 43.1 Å². The highest BCUT2D eigenvalue weighted by Gasteiger charge is 2.45. The van der Waals surface area contributed by atoms with E-state index in [-0.39, 0.29) is 31.8 Å².